The van der Waals surface area contributed by atoms with E-state index in [1.807, 2.05) is 37.8 Å². The van der Waals surface area contributed by atoms with E-state index in [9.17, 15) is 14.9 Å². The van der Waals surface area contributed by atoms with Gasteiger partial charge in [-0.2, -0.15) is 0 Å². The minimum atomic E-state index is -0.432. The van der Waals surface area contributed by atoms with E-state index in [0.29, 0.717) is 17.5 Å². The van der Waals surface area contributed by atoms with E-state index in [0.717, 1.165) is 50.6 Å². The van der Waals surface area contributed by atoms with E-state index in [1.54, 1.807) is 12.1 Å². The number of fused-ring (bicyclic) bond motifs is 2. The van der Waals surface area contributed by atoms with Crippen molar-refractivity contribution >= 4 is 17.5 Å². The fourth-order valence-corrected chi connectivity index (χ4v) is 6.85. The minimum absolute atomic E-state index is 0.158. The number of piperazine rings is 1. The Morgan fingerprint density at radius 1 is 1.06 bits per heavy atom. The number of carbonyl (C=O) groups excluding carboxylic acids is 1. The van der Waals surface area contributed by atoms with Crippen LogP contribution in [-0.2, 0) is 4.74 Å². The van der Waals surface area contributed by atoms with Gasteiger partial charge in [-0.1, -0.05) is 0 Å². The second-order valence-electron chi connectivity index (χ2n) is 12.3. The highest BCUT2D eigenvalue weighted by atomic mass is 16.6. The lowest BCUT2D eigenvalue weighted by atomic mass is 9.65. The number of ether oxygens (including phenoxy) is 1. The highest BCUT2D eigenvalue weighted by Crippen LogP contribution is 2.47. The summed E-state index contributed by atoms with van der Waals surface area (Å²) >= 11 is 0. The van der Waals surface area contributed by atoms with Crippen molar-refractivity contribution in [2.24, 2.45) is 11.3 Å². The molecular weight excluding hydrogens is 444 g/mol. The molecule has 3 saturated heterocycles. The molecule has 3 heterocycles. The molecular formula is C27H40N4O4. The van der Waals surface area contributed by atoms with Gasteiger partial charge in [-0.15, -0.1) is 0 Å². The summed E-state index contributed by atoms with van der Waals surface area (Å²) in [5.41, 5.74) is 1.26. The molecule has 2 bridgehead atoms. The Labute approximate surface area is 208 Å². The van der Waals surface area contributed by atoms with Crippen LogP contribution in [0, 0.1) is 21.4 Å². The van der Waals surface area contributed by atoms with E-state index < -0.39 is 5.60 Å². The average Bonchev–Trinajstić information content (AvgIpc) is 3.41. The Morgan fingerprint density at radius 3 is 2.26 bits per heavy atom. The molecule has 1 spiro atoms. The predicted molar refractivity (Wildman–Crippen MR) is 136 cm³/mol. The number of anilines is 1. The second-order valence-corrected chi connectivity index (χ2v) is 12.3. The zero-order chi connectivity index (χ0) is 24.8. The predicted octanol–water partition coefficient (Wildman–Crippen LogP) is 5.07. The summed E-state index contributed by atoms with van der Waals surface area (Å²) in [7, 11) is 0. The van der Waals surface area contributed by atoms with Gasteiger partial charge in [-0.05, 0) is 89.2 Å². The van der Waals surface area contributed by atoms with Crippen molar-refractivity contribution in [2.45, 2.75) is 83.4 Å². The van der Waals surface area contributed by atoms with Gasteiger partial charge in [0.1, 0.15) is 5.60 Å². The third-order valence-electron chi connectivity index (χ3n) is 8.88. The number of nitro groups is 1. The number of nitrogens with zero attached hydrogens (tertiary/aromatic N) is 4. The van der Waals surface area contributed by atoms with Crippen molar-refractivity contribution in [1.29, 1.82) is 0 Å². The molecule has 1 aliphatic carbocycles. The topological polar surface area (TPSA) is 79.2 Å². The first-order valence-corrected chi connectivity index (χ1v) is 13.3. The Morgan fingerprint density at radius 2 is 1.71 bits per heavy atom. The van der Waals surface area contributed by atoms with Crippen molar-refractivity contribution < 1.29 is 14.5 Å². The molecule has 1 saturated carbocycles. The lowest BCUT2D eigenvalue weighted by Gasteiger charge is -2.47. The van der Waals surface area contributed by atoms with E-state index in [4.69, 9.17) is 4.74 Å². The van der Waals surface area contributed by atoms with Gasteiger partial charge in [0.25, 0.3) is 5.69 Å². The lowest BCUT2D eigenvalue weighted by molar-refractivity contribution is -0.384. The third kappa shape index (κ3) is 5.27. The number of carbonyl (C=O) groups is 1. The van der Waals surface area contributed by atoms with Crippen molar-refractivity contribution in [3.05, 3.63) is 34.4 Å². The number of nitro benzene ring substituents is 1. The maximum absolute atomic E-state index is 12.4. The molecule has 0 aromatic heterocycles. The standard InChI is InChI=1S/C27H40N4O4/c1-26(2,3)35-25(32)28-14-12-27(13-15-28)10-8-20(9-11-27)17-29-18-24-16-23(29)19-30(24)21-4-6-22(7-5-21)31(33)34/h4-7,20,23-24H,8-19H2,1-3H3/t23-,24-/m1/s1. The van der Waals surface area contributed by atoms with Crippen molar-refractivity contribution in [2.75, 3.05) is 37.6 Å². The maximum Gasteiger partial charge on any atom is 0.410 e. The summed E-state index contributed by atoms with van der Waals surface area (Å²) in [6, 6.07) is 8.16. The smallest absolute Gasteiger partial charge is 0.410 e. The SMILES string of the molecule is CC(C)(C)OC(=O)N1CCC2(CCC(CN3C[C@H]4C[C@@H]3CN4c3ccc([N+](=O)[O-])cc3)CC2)CC1. The first-order chi connectivity index (χ1) is 16.6. The quantitative estimate of drug-likeness (QED) is 0.439. The van der Waals surface area contributed by atoms with E-state index in [2.05, 4.69) is 9.80 Å². The summed E-state index contributed by atoms with van der Waals surface area (Å²) in [5, 5.41) is 10.9. The highest BCUT2D eigenvalue weighted by Gasteiger charge is 2.45. The molecule has 4 fully saturated rings. The summed E-state index contributed by atoms with van der Waals surface area (Å²) in [6.45, 7) is 10.8. The van der Waals surface area contributed by atoms with Crippen molar-refractivity contribution in [3.8, 4) is 0 Å². The highest BCUT2D eigenvalue weighted by molar-refractivity contribution is 5.68. The van der Waals surface area contributed by atoms with Gasteiger partial charge >= 0.3 is 6.09 Å². The average molecular weight is 485 g/mol. The van der Waals surface area contributed by atoms with Crippen LogP contribution in [0.2, 0.25) is 0 Å². The van der Waals surface area contributed by atoms with Crippen LogP contribution in [0.25, 0.3) is 0 Å². The number of hydrogen-bond donors (Lipinski definition) is 0. The lowest BCUT2D eigenvalue weighted by Crippen LogP contribution is -2.49. The maximum atomic E-state index is 12.4. The molecule has 0 N–H and O–H groups in total. The van der Waals surface area contributed by atoms with Gasteiger partial charge in [0.2, 0.25) is 0 Å². The van der Waals surface area contributed by atoms with Gasteiger partial charge < -0.3 is 14.5 Å². The summed E-state index contributed by atoms with van der Waals surface area (Å²) in [6.07, 6.45) is 8.43. The molecule has 35 heavy (non-hydrogen) atoms. The van der Waals surface area contributed by atoms with Crippen LogP contribution in [0.5, 0.6) is 0 Å². The van der Waals surface area contributed by atoms with Crippen LogP contribution in [-0.4, -0.2) is 71.2 Å². The Bertz CT molecular complexity index is 925. The number of piperidine rings is 1. The van der Waals surface area contributed by atoms with Crippen LogP contribution in [0.3, 0.4) is 0 Å². The van der Waals surface area contributed by atoms with E-state index >= 15 is 0 Å². The minimum Gasteiger partial charge on any atom is -0.444 e. The number of amides is 1. The second kappa shape index (κ2) is 9.26. The first-order valence-electron chi connectivity index (χ1n) is 13.3. The van der Waals surface area contributed by atoms with E-state index in [-0.39, 0.29) is 16.7 Å². The molecule has 1 aromatic carbocycles. The van der Waals surface area contributed by atoms with Crippen LogP contribution in [0.1, 0.15) is 65.7 Å². The fourth-order valence-electron chi connectivity index (χ4n) is 6.85. The molecule has 8 heteroatoms. The van der Waals surface area contributed by atoms with Gasteiger partial charge in [0.15, 0.2) is 0 Å². The molecule has 0 radical (unpaired) electrons. The Balaban J connectivity index is 1.07. The van der Waals surface area contributed by atoms with Gasteiger partial charge in [-0.3, -0.25) is 15.0 Å². The number of benzene rings is 1. The van der Waals surface area contributed by atoms with Crippen LogP contribution in [0.15, 0.2) is 24.3 Å². The number of hydrogen-bond acceptors (Lipinski definition) is 6. The summed E-state index contributed by atoms with van der Waals surface area (Å²) < 4.78 is 5.57. The zero-order valence-corrected chi connectivity index (χ0v) is 21.4. The van der Waals surface area contributed by atoms with E-state index in [1.165, 1.54) is 38.6 Å². The van der Waals surface area contributed by atoms with Crippen molar-refractivity contribution in [3.63, 3.8) is 0 Å². The molecule has 0 unspecified atom stereocenters. The van der Waals surface area contributed by atoms with Crippen LogP contribution >= 0.6 is 0 Å². The third-order valence-corrected chi connectivity index (χ3v) is 8.88. The molecule has 8 nitrogen and oxygen atoms in total. The molecule has 1 aromatic rings. The van der Waals surface area contributed by atoms with Crippen molar-refractivity contribution in [1.82, 2.24) is 9.80 Å². The van der Waals surface area contributed by atoms with Crippen LogP contribution in [0.4, 0.5) is 16.2 Å². The molecule has 2 atom stereocenters. The molecule has 3 aliphatic heterocycles. The summed E-state index contributed by atoms with van der Waals surface area (Å²) in [4.78, 5) is 30.1. The molecule has 192 valence electrons. The monoisotopic (exact) mass is 484 g/mol. The molecule has 4 aliphatic rings. The number of rotatable bonds is 4. The fraction of sp³-hybridized carbons (Fsp3) is 0.741. The molecule has 5 rings (SSSR count). The summed E-state index contributed by atoms with van der Waals surface area (Å²) in [5.74, 6) is 0.775. The van der Waals surface area contributed by atoms with Gasteiger partial charge in [-0.25, -0.2) is 4.79 Å². The van der Waals surface area contributed by atoms with Gasteiger partial charge in [0, 0.05) is 62.6 Å². The number of non-ortho nitro benzene ring substituents is 1. The van der Waals surface area contributed by atoms with Gasteiger partial charge in [0.05, 0.1) is 4.92 Å². The Kier molecular flexibility index (Phi) is 6.45. The van der Waals surface area contributed by atoms with Crippen LogP contribution < -0.4 is 4.90 Å². The Hall–Kier alpha value is -2.35. The normalized spacial score (nSPS) is 26.9. The zero-order valence-electron chi connectivity index (χ0n) is 21.4. The first kappa shape index (κ1) is 24.3. The largest absolute Gasteiger partial charge is 0.444 e. The molecule has 1 amide bonds. The number of likely N-dealkylation sites (tertiary alicyclic amines) is 2.